The summed E-state index contributed by atoms with van der Waals surface area (Å²) in [5.74, 6) is 1.88. The predicted octanol–water partition coefficient (Wildman–Crippen LogP) is 2.75. The second-order valence-electron chi connectivity index (χ2n) is 8.98. The second-order valence-corrected chi connectivity index (χ2v) is 9.96. The van der Waals surface area contributed by atoms with Gasteiger partial charge in [-0.1, -0.05) is 6.07 Å². The summed E-state index contributed by atoms with van der Waals surface area (Å²) >= 11 is 1.62. The summed E-state index contributed by atoms with van der Waals surface area (Å²) in [6.07, 6.45) is 3.43. The summed E-state index contributed by atoms with van der Waals surface area (Å²) in [5.41, 5.74) is 1.53. The summed E-state index contributed by atoms with van der Waals surface area (Å²) in [6.45, 7) is 1.70. The van der Waals surface area contributed by atoms with E-state index in [1.54, 1.807) is 61.2 Å². The van der Waals surface area contributed by atoms with Crippen molar-refractivity contribution in [2.24, 2.45) is 5.92 Å². The molecule has 2 aliphatic heterocycles. The highest BCUT2D eigenvalue weighted by molar-refractivity contribution is 7.98. The number of hydrogen-bond donors (Lipinski definition) is 2. The van der Waals surface area contributed by atoms with Crippen molar-refractivity contribution in [2.75, 3.05) is 44.6 Å². The molecule has 1 aromatic carbocycles. The van der Waals surface area contributed by atoms with Crippen LogP contribution in [0.1, 0.15) is 24.5 Å². The number of anilines is 1. The quantitative estimate of drug-likeness (QED) is 0.578. The number of nitrogens with one attached hydrogen (secondary N) is 2. The van der Waals surface area contributed by atoms with Crippen molar-refractivity contribution in [3.8, 4) is 11.5 Å². The topological polar surface area (TPSA) is 102 Å². The first-order chi connectivity index (χ1) is 16.9. The highest BCUT2D eigenvalue weighted by atomic mass is 32.2. The molecule has 9 nitrogen and oxygen atoms in total. The number of pyridine rings is 1. The maximum Gasteiger partial charge on any atom is 0.318 e. The lowest BCUT2D eigenvalue weighted by Gasteiger charge is -2.43. The molecule has 3 atom stereocenters. The normalized spacial score (nSPS) is 19.3. The zero-order chi connectivity index (χ0) is 24.9. The number of carbonyl (C=O) groups excluding carboxylic acids is 2. The average molecular weight is 501 g/mol. The van der Waals surface area contributed by atoms with Crippen molar-refractivity contribution in [3.05, 3.63) is 52.4 Å². The molecular formula is C25H32N4O5S. The number of rotatable bonds is 8. The van der Waals surface area contributed by atoms with Crippen molar-refractivity contribution in [2.45, 2.75) is 31.3 Å². The molecule has 1 aromatic heterocycles. The Balaban J connectivity index is 1.45. The Morgan fingerprint density at radius 3 is 2.54 bits per heavy atom. The van der Waals surface area contributed by atoms with Crippen LogP contribution < -0.4 is 25.7 Å². The number of aromatic nitrogens is 1. The molecule has 2 unspecified atom stereocenters. The van der Waals surface area contributed by atoms with Crippen LogP contribution in [-0.4, -0.2) is 66.8 Å². The summed E-state index contributed by atoms with van der Waals surface area (Å²) in [6, 6.07) is 9.53. The predicted molar refractivity (Wildman–Crippen MR) is 137 cm³/mol. The number of fused-ring (bicyclic) bond motifs is 4. The van der Waals surface area contributed by atoms with E-state index in [0.717, 1.165) is 17.9 Å². The number of carbonyl (C=O) groups is 2. The Morgan fingerprint density at radius 1 is 1.11 bits per heavy atom. The SMILES string of the molecule is COc1cc(NC(=O)[C@H](CCSC)NC(=O)N2CC3CC(C2)c2cccc(=O)n2C3)cc(OC)c1. The van der Waals surface area contributed by atoms with Gasteiger partial charge < -0.3 is 29.6 Å². The number of thioether (sulfide) groups is 1. The van der Waals surface area contributed by atoms with Crippen LogP contribution in [0.2, 0.25) is 0 Å². The van der Waals surface area contributed by atoms with Crippen LogP contribution in [0.15, 0.2) is 41.2 Å². The fourth-order valence-electron chi connectivity index (χ4n) is 4.92. The number of amides is 3. The third-order valence-electron chi connectivity index (χ3n) is 6.61. The average Bonchev–Trinajstić information content (AvgIpc) is 2.86. The molecule has 188 valence electrons. The fraction of sp³-hybridized carbons (Fsp3) is 0.480. The Labute approximate surface area is 209 Å². The van der Waals surface area contributed by atoms with Crippen LogP contribution >= 0.6 is 11.8 Å². The number of piperidine rings is 1. The van der Waals surface area contributed by atoms with Crippen molar-refractivity contribution in [1.29, 1.82) is 0 Å². The minimum Gasteiger partial charge on any atom is -0.497 e. The van der Waals surface area contributed by atoms with Gasteiger partial charge in [0.25, 0.3) is 5.56 Å². The zero-order valence-corrected chi connectivity index (χ0v) is 21.1. The van der Waals surface area contributed by atoms with Crippen LogP contribution in [0.3, 0.4) is 0 Å². The number of methoxy groups -OCH3 is 2. The van der Waals surface area contributed by atoms with Gasteiger partial charge in [0.15, 0.2) is 0 Å². The minimum absolute atomic E-state index is 0.0121. The van der Waals surface area contributed by atoms with Crippen molar-refractivity contribution >= 4 is 29.4 Å². The fourth-order valence-corrected chi connectivity index (χ4v) is 5.39. The Hall–Kier alpha value is -3.14. The molecular weight excluding hydrogens is 468 g/mol. The van der Waals surface area contributed by atoms with Gasteiger partial charge in [0.2, 0.25) is 5.91 Å². The van der Waals surface area contributed by atoms with Gasteiger partial charge in [-0.05, 0) is 36.8 Å². The molecule has 35 heavy (non-hydrogen) atoms. The van der Waals surface area contributed by atoms with Gasteiger partial charge in [0, 0.05) is 61.2 Å². The van der Waals surface area contributed by atoms with E-state index in [1.165, 1.54) is 0 Å². The molecule has 4 rings (SSSR count). The van der Waals surface area contributed by atoms with E-state index < -0.39 is 6.04 Å². The van der Waals surface area contributed by atoms with Crippen LogP contribution in [0.4, 0.5) is 10.5 Å². The maximum atomic E-state index is 13.3. The van der Waals surface area contributed by atoms with Crippen LogP contribution in [-0.2, 0) is 11.3 Å². The smallest absolute Gasteiger partial charge is 0.318 e. The first-order valence-electron chi connectivity index (χ1n) is 11.7. The van der Waals surface area contributed by atoms with E-state index in [1.807, 2.05) is 16.9 Å². The van der Waals surface area contributed by atoms with Crippen LogP contribution in [0.25, 0.3) is 0 Å². The van der Waals surface area contributed by atoms with E-state index in [0.29, 0.717) is 43.2 Å². The number of nitrogens with zero attached hydrogens (tertiary/aromatic N) is 2. The van der Waals surface area contributed by atoms with E-state index in [4.69, 9.17) is 9.47 Å². The van der Waals surface area contributed by atoms with Gasteiger partial charge in [0.05, 0.1) is 14.2 Å². The number of urea groups is 1. The van der Waals surface area contributed by atoms with Crippen LogP contribution in [0, 0.1) is 5.92 Å². The van der Waals surface area contributed by atoms with Gasteiger partial charge in [-0.25, -0.2) is 4.79 Å². The second kappa shape index (κ2) is 11.1. The number of ether oxygens (including phenoxy) is 2. The molecule has 2 aliphatic rings. The highest BCUT2D eigenvalue weighted by Crippen LogP contribution is 2.35. The molecule has 1 fully saturated rings. The lowest BCUT2D eigenvalue weighted by atomic mass is 9.83. The van der Waals surface area contributed by atoms with Gasteiger partial charge >= 0.3 is 6.03 Å². The Kier molecular flexibility index (Phi) is 7.90. The molecule has 3 amide bonds. The van der Waals surface area contributed by atoms with Crippen molar-refractivity contribution < 1.29 is 19.1 Å². The Morgan fingerprint density at radius 2 is 1.86 bits per heavy atom. The molecule has 10 heteroatoms. The maximum absolute atomic E-state index is 13.3. The van der Waals surface area contributed by atoms with E-state index >= 15 is 0 Å². The van der Waals surface area contributed by atoms with E-state index in [9.17, 15) is 14.4 Å². The minimum atomic E-state index is -0.691. The van der Waals surface area contributed by atoms with Crippen molar-refractivity contribution in [3.63, 3.8) is 0 Å². The van der Waals surface area contributed by atoms with Gasteiger partial charge in [-0.3, -0.25) is 9.59 Å². The molecule has 2 N–H and O–H groups in total. The van der Waals surface area contributed by atoms with Crippen molar-refractivity contribution in [1.82, 2.24) is 14.8 Å². The lowest BCUT2D eigenvalue weighted by Crippen LogP contribution is -2.55. The monoisotopic (exact) mass is 500 g/mol. The summed E-state index contributed by atoms with van der Waals surface area (Å²) in [5, 5.41) is 5.84. The molecule has 0 aliphatic carbocycles. The van der Waals surface area contributed by atoms with Gasteiger partial charge in [0.1, 0.15) is 17.5 Å². The van der Waals surface area contributed by atoms with Gasteiger partial charge in [-0.15, -0.1) is 0 Å². The third kappa shape index (κ3) is 5.75. The first-order valence-corrected chi connectivity index (χ1v) is 13.1. The molecule has 2 aromatic rings. The number of hydrogen-bond acceptors (Lipinski definition) is 6. The molecule has 0 spiro atoms. The molecule has 0 radical (unpaired) electrons. The largest absolute Gasteiger partial charge is 0.497 e. The standard InChI is InChI=1S/C25H32N4O5S/c1-33-19-10-18(11-20(12-19)34-2)26-24(31)21(7-8-35-3)27-25(32)28-13-16-9-17(15-28)22-5-4-6-23(30)29(22)14-16/h4-6,10-12,16-17,21H,7-9,13-15H2,1-3H3,(H,26,31)(H,27,32)/t16?,17?,21-/m0/s1. The Bertz CT molecular complexity index is 1110. The lowest BCUT2D eigenvalue weighted by molar-refractivity contribution is -0.118. The zero-order valence-electron chi connectivity index (χ0n) is 20.3. The molecule has 2 bridgehead atoms. The third-order valence-corrected chi connectivity index (χ3v) is 7.25. The van der Waals surface area contributed by atoms with Gasteiger partial charge in [-0.2, -0.15) is 11.8 Å². The number of likely N-dealkylation sites (tertiary alicyclic amines) is 1. The molecule has 1 saturated heterocycles. The summed E-state index contributed by atoms with van der Waals surface area (Å²) in [7, 11) is 3.09. The summed E-state index contributed by atoms with van der Waals surface area (Å²) in [4.78, 5) is 40.5. The molecule has 0 saturated carbocycles. The first kappa shape index (κ1) is 25.0. The van der Waals surface area contributed by atoms with E-state index in [-0.39, 0.29) is 29.3 Å². The summed E-state index contributed by atoms with van der Waals surface area (Å²) < 4.78 is 12.4. The van der Waals surface area contributed by atoms with Crippen LogP contribution in [0.5, 0.6) is 11.5 Å². The molecule has 3 heterocycles. The van der Waals surface area contributed by atoms with E-state index in [2.05, 4.69) is 10.6 Å². The number of benzene rings is 1. The highest BCUT2D eigenvalue weighted by Gasteiger charge is 2.37.